The summed E-state index contributed by atoms with van der Waals surface area (Å²) < 4.78 is 67.2. The van der Waals surface area contributed by atoms with Gasteiger partial charge in [0, 0.05) is 44.2 Å². The summed E-state index contributed by atoms with van der Waals surface area (Å²) >= 11 is 0. The summed E-state index contributed by atoms with van der Waals surface area (Å²) in [6.45, 7) is 2.85. The van der Waals surface area contributed by atoms with Crippen LogP contribution in [-0.4, -0.2) is 42.8 Å². The first-order chi connectivity index (χ1) is 16.1. The van der Waals surface area contributed by atoms with Gasteiger partial charge in [-0.15, -0.1) is 0 Å². The fraction of sp³-hybridized carbons (Fsp3) is 0.333. The van der Waals surface area contributed by atoms with Gasteiger partial charge in [0.2, 0.25) is 10.0 Å². The molecule has 34 heavy (non-hydrogen) atoms. The largest absolute Gasteiger partial charge is 0.416 e. The molecule has 0 radical (unpaired) electrons. The molecule has 0 saturated heterocycles. The number of benzene rings is 2. The van der Waals surface area contributed by atoms with E-state index in [4.69, 9.17) is 9.97 Å². The number of hydrogen-bond donors (Lipinski definition) is 0. The van der Waals surface area contributed by atoms with Crippen LogP contribution in [0, 0.1) is 0 Å². The van der Waals surface area contributed by atoms with E-state index in [1.807, 2.05) is 49.2 Å². The van der Waals surface area contributed by atoms with Crippen molar-refractivity contribution in [2.75, 3.05) is 25.0 Å². The Morgan fingerprint density at radius 1 is 1.06 bits per heavy atom. The predicted octanol–water partition coefficient (Wildman–Crippen LogP) is 4.76. The molecular weight excluding hydrogens is 465 g/mol. The summed E-state index contributed by atoms with van der Waals surface area (Å²) in [5.74, 6) is 1.20. The van der Waals surface area contributed by atoms with Crippen molar-refractivity contribution in [3.63, 3.8) is 0 Å². The van der Waals surface area contributed by atoms with Gasteiger partial charge in [-0.1, -0.05) is 43.3 Å². The molecule has 10 heteroatoms. The lowest BCUT2D eigenvalue weighted by Crippen LogP contribution is -2.38. The van der Waals surface area contributed by atoms with E-state index in [0.717, 1.165) is 29.8 Å². The Bertz CT molecular complexity index is 1280. The molecule has 2 aromatic carbocycles. The van der Waals surface area contributed by atoms with E-state index in [1.54, 1.807) is 0 Å². The van der Waals surface area contributed by atoms with Gasteiger partial charge in [-0.05, 0) is 24.6 Å². The van der Waals surface area contributed by atoms with Gasteiger partial charge in [0.25, 0.3) is 0 Å². The zero-order valence-electron chi connectivity index (χ0n) is 18.9. The molecule has 1 aromatic heterocycles. The average molecular weight is 491 g/mol. The minimum Gasteiger partial charge on any atom is -0.359 e. The Labute approximate surface area is 197 Å². The van der Waals surface area contributed by atoms with E-state index in [1.165, 1.54) is 10.4 Å². The molecule has 6 nitrogen and oxygen atoms in total. The van der Waals surface area contributed by atoms with Crippen LogP contribution in [0.5, 0.6) is 0 Å². The van der Waals surface area contributed by atoms with Gasteiger partial charge in [0.1, 0.15) is 5.82 Å². The third-order valence-electron chi connectivity index (χ3n) is 5.76. The lowest BCUT2D eigenvalue weighted by molar-refractivity contribution is -0.137. The number of nitrogens with zero attached hydrogens (tertiary/aromatic N) is 4. The number of fused-ring (bicyclic) bond motifs is 1. The van der Waals surface area contributed by atoms with Crippen LogP contribution in [0.3, 0.4) is 0 Å². The lowest BCUT2D eigenvalue weighted by Gasteiger charge is -2.31. The van der Waals surface area contributed by atoms with E-state index in [9.17, 15) is 21.6 Å². The molecule has 0 spiro atoms. The summed E-state index contributed by atoms with van der Waals surface area (Å²) in [5, 5.41) is 0. The molecule has 180 valence electrons. The highest BCUT2D eigenvalue weighted by Crippen LogP contribution is 2.34. The first kappa shape index (κ1) is 24.2. The van der Waals surface area contributed by atoms with E-state index in [-0.39, 0.29) is 18.0 Å². The van der Waals surface area contributed by atoms with E-state index in [2.05, 4.69) is 0 Å². The van der Waals surface area contributed by atoms with Crippen molar-refractivity contribution in [1.29, 1.82) is 0 Å². The normalized spacial score (nSPS) is 14.6. The second kappa shape index (κ2) is 9.34. The zero-order valence-corrected chi connectivity index (χ0v) is 19.7. The SMILES string of the molecule is CCCN(C)c1nc(-c2ccccc2)nc2c1CN(S(=O)(=O)c1cccc(C(F)(F)F)c1)CC2. The van der Waals surface area contributed by atoms with Crippen molar-refractivity contribution in [3.05, 3.63) is 71.4 Å². The average Bonchev–Trinajstić information content (AvgIpc) is 2.83. The molecule has 1 aliphatic rings. The minimum atomic E-state index is -4.63. The summed E-state index contributed by atoms with van der Waals surface area (Å²) in [6.07, 6.45) is -3.43. The number of sulfonamides is 1. The molecule has 0 bridgehead atoms. The zero-order chi connectivity index (χ0) is 24.5. The van der Waals surface area contributed by atoms with Crippen LogP contribution < -0.4 is 4.90 Å². The van der Waals surface area contributed by atoms with Crippen molar-refractivity contribution < 1.29 is 21.6 Å². The van der Waals surface area contributed by atoms with E-state index in [0.29, 0.717) is 36.2 Å². The second-order valence-electron chi connectivity index (χ2n) is 8.20. The molecular formula is C24H25F3N4O2S. The van der Waals surface area contributed by atoms with Crippen LogP contribution in [-0.2, 0) is 29.2 Å². The fourth-order valence-corrected chi connectivity index (χ4v) is 5.49. The van der Waals surface area contributed by atoms with Crippen LogP contribution in [0.2, 0.25) is 0 Å². The first-order valence-electron chi connectivity index (χ1n) is 10.9. The second-order valence-corrected chi connectivity index (χ2v) is 10.1. The van der Waals surface area contributed by atoms with Gasteiger partial charge in [-0.2, -0.15) is 17.5 Å². The van der Waals surface area contributed by atoms with Crippen molar-refractivity contribution in [1.82, 2.24) is 14.3 Å². The van der Waals surface area contributed by atoms with Crippen molar-refractivity contribution in [2.24, 2.45) is 0 Å². The van der Waals surface area contributed by atoms with Crippen LogP contribution in [0.4, 0.5) is 19.0 Å². The Hall–Kier alpha value is -2.98. The van der Waals surface area contributed by atoms with E-state index >= 15 is 0 Å². The molecule has 4 rings (SSSR count). The molecule has 0 amide bonds. The highest BCUT2D eigenvalue weighted by molar-refractivity contribution is 7.89. The molecule has 0 atom stereocenters. The van der Waals surface area contributed by atoms with Gasteiger partial charge >= 0.3 is 6.18 Å². The third-order valence-corrected chi connectivity index (χ3v) is 7.60. The monoisotopic (exact) mass is 490 g/mol. The van der Waals surface area contributed by atoms with Gasteiger partial charge in [0.15, 0.2) is 5.82 Å². The van der Waals surface area contributed by atoms with Crippen molar-refractivity contribution >= 4 is 15.8 Å². The molecule has 1 aliphatic heterocycles. The lowest BCUT2D eigenvalue weighted by atomic mass is 10.1. The van der Waals surface area contributed by atoms with Crippen LogP contribution >= 0.6 is 0 Å². The van der Waals surface area contributed by atoms with Gasteiger partial charge in [-0.3, -0.25) is 0 Å². The first-order valence-corrected chi connectivity index (χ1v) is 12.4. The number of hydrogen-bond acceptors (Lipinski definition) is 5. The molecule has 0 fully saturated rings. The smallest absolute Gasteiger partial charge is 0.359 e. The molecule has 0 N–H and O–H groups in total. The Morgan fingerprint density at radius 2 is 1.79 bits per heavy atom. The minimum absolute atomic E-state index is 0.00757. The number of halogens is 3. The van der Waals surface area contributed by atoms with Gasteiger partial charge in [0.05, 0.1) is 16.2 Å². The van der Waals surface area contributed by atoms with E-state index < -0.39 is 21.8 Å². The van der Waals surface area contributed by atoms with Crippen molar-refractivity contribution in [3.8, 4) is 11.4 Å². The van der Waals surface area contributed by atoms with Crippen molar-refractivity contribution in [2.45, 2.75) is 37.4 Å². The summed E-state index contributed by atoms with van der Waals surface area (Å²) in [4.78, 5) is 11.1. The van der Waals surface area contributed by atoms with Crippen LogP contribution in [0.1, 0.15) is 30.2 Å². The summed E-state index contributed by atoms with van der Waals surface area (Å²) in [7, 11) is -2.26. The molecule has 3 aromatic rings. The Balaban J connectivity index is 1.74. The molecule has 0 aliphatic carbocycles. The molecule has 2 heterocycles. The maximum atomic E-state index is 13.3. The maximum Gasteiger partial charge on any atom is 0.416 e. The number of rotatable bonds is 6. The summed E-state index contributed by atoms with van der Waals surface area (Å²) in [5.41, 5.74) is 1.29. The molecule has 0 saturated carbocycles. The van der Waals surface area contributed by atoms with Gasteiger partial charge < -0.3 is 4.90 Å². The molecule has 0 unspecified atom stereocenters. The topological polar surface area (TPSA) is 66.4 Å². The highest BCUT2D eigenvalue weighted by atomic mass is 32.2. The number of alkyl halides is 3. The third kappa shape index (κ3) is 4.78. The predicted molar refractivity (Wildman–Crippen MR) is 124 cm³/mol. The standard InChI is InChI=1S/C24H25F3N4O2S/c1-3-13-30(2)23-20-16-31(34(32,33)19-11-7-10-18(15-19)24(25,26)27)14-12-21(20)28-22(29-23)17-8-5-4-6-9-17/h4-11,15H,3,12-14,16H2,1-2H3. The number of aromatic nitrogens is 2. The fourth-order valence-electron chi connectivity index (χ4n) is 4.03. The maximum absolute atomic E-state index is 13.3. The van der Waals surface area contributed by atoms with Crippen LogP contribution in [0.25, 0.3) is 11.4 Å². The van der Waals surface area contributed by atoms with Gasteiger partial charge in [-0.25, -0.2) is 18.4 Å². The Kier molecular flexibility index (Phi) is 6.64. The quantitative estimate of drug-likeness (QED) is 0.499. The highest BCUT2D eigenvalue weighted by Gasteiger charge is 2.35. The number of anilines is 1. The summed E-state index contributed by atoms with van der Waals surface area (Å²) in [6, 6.07) is 13.4. The Morgan fingerprint density at radius 3 is 2.47 bits per heavy atom. The van der Waals surface area contributed by atoms with Crippen LogP contribution in [0.15, 0.2) is 59.5 Å².